The molecule has 0 saturated carbocycles. The van der Waals surface area contributed by atoms with Crippen molar-refractivity contribution in [2.75, 3.05) is 17.2 Å². The van der Waals surface area contributed by atoms with Crippen molar-refractivity contribution in [2.24, 2.45) is 0 Å². The van der Waals surface area contributed by atoms with Gasteiger partial charge >= 0.3 is 0 Å². The summed E-state index contributed by atoms with van der Waals surface area (Å²) in [4.78, 5) is 2.46. The van der Waals surface area contributed by atoms with Crippen LogP contribution in [-0.4, -0.2) is 6.54 Å². The number of nitrogens with zero attached hydrogens (tertiary/aromatic N) is 1. The van der Waals surface area contributed by atoms with Crippen molar-refractivity contribution in [3.05, 3.63) is 59.2 Å². The molecule has 0 bridgehead atoms. The molecule has 0 spiro atoms. The van der Waals surface area contributed by atoms with Gasteiger partial charge in [0.2, 0.25) is 0 Å². The first-order valence-electron chi connectivity index (χ1n) is 7.85. The molecule has 0 atom stereocenters. The molecule has 0 aliphatic carbocycles. The number of nitrogens with two attached hydrogens (primary N) is 1. The maximum atomic E-state index is 5.96. The van der Waals surface area contributed by atoms with Gasteiger partial charge in [0, 0.05) is 24.5 Å². The van der Waals surface area contributed by atoms with Gasteiger partial charge in [-0.05, 0) is 47.6 Å². The van der Waals surface area contributed by atoms with Crippen LogP contribution in [0, 0.1) is 0 Å². The highest BCUT2D eigenvalue weighted by Gasteiger charge is 2.17. The molecular weight excluding hydrogens is 256 g/mol. The number of nitrogen functional groups attached to an aromatic ring is 1. The van der Waals surface area contributed by atoms with Gasteiger partial charge in [0.25, 0.3) is 0 Å². The van der Waals surface area contributed by atoms with Crippen LogP contribution < -0.4 is 10.6 Å². The SMILES string of the molecule is CC(C)c1ccc(CN2CCCc3ccc(N)cc32)cc1. The standard InChI is InChI=1S/C19H24N2/c1-14(2)16-7-5-15(6-8-16)13-21-11-3-4-17-9-10-18(20)12-19(17)21/h5-10,12,14H,3-4,11,13,20H2,1-2H3. The smallest absolute Gasteiger partial charge is 0.0429 e. The second-order valence-electron chi connectivity index (χ2n) is 6.31. The van der Waals surface area contributed by atoms with Crippen LogP contribution in [0.4, 0.5) is 11.4 Å². The van der Waals surface area contributed by atoms with E-state index in [-0.39, 0.29) is 0 Å². The minimum Gasteiger partial charge on any atom is -0.399 e. The van der Waals surface area contributed by atoms with Crippen LogP contribution in [0.25, 0.3) is 0 Å². The number of aryl methyl sites for hydroxylation is 1. The van der Waals surface area contributed by atoms with Gasteiger partial charge in [-0.25, -0.2) is 0 Å². The third kappa shape index (κ3) is 3.05. The van der Waals surface area contributed by atoms with Crippen LogP contribution in [-0.2, 0) is 13.0 Å². The van der Waals surface area contributed by atoms with Crippen molar-refractivity contribution in [2.45, 2.75) is 39.2 Å². The van der Waals surface area contributed by atoms with Gasteiger partial charge in [-0.3, -0.25) is 0 Å². The van der Waals surface area contributed by atoms with Crippen LogP contribution in [0.2, 0.25) is 0 Å². The van der Waals surface area contributed by atoms with Gasteiger partial charge in [0.15, 0.2) is 0 Å². The average Bonchev–Trinajstić information content (AvgIpc) is 2.48. The summed E-state index contributed by atoms with van der Waals surface area (Å²) in [5.41, 5.74) is 12.3. The molecule has 2 N–H and O–H groups in total. The van der Waals surface area contributed by atoms with Crippen molar-refractivity contribution < 1.29 is 0 Å². The molecular formula is C19H24N2. The predicted octanol–water partition coefficient (Wildman–Crippen LogP) is 4.35. The number of hydrogen-bond acceptors (Lipinski definition) is 2. The van der Waals surface area contributed by atoms with Crippen LogP contribution in [0.1, 0.15) is 42.9 Å². The summed E-state index contributed by atoms with van der Waals surface area (Å²) in [7, 11) is 0. The van der Waals surface area contributed by atoms with Crippen LogP contribution in [0.3, 0.4) is 0 Å². The number of fused-ring (bicyclic) bond motifs is 1. The quantitative estimate of drug-likeness (QED) is 0.847. The topological polar surface area (TPSA) is 29.3 Å². The Kier molecular flexibility index (Phi) is 3.87. The molecule has 0 unspecified atom stereocenters. The van der Waals surface area contributed by atoms with Gasteiger partial charge < -0.3 is 10.6 Å². The summed E-state index contributed by atoms with van der Waals surface area (Å²) in [6, 6.07) is 15.3. The molecule has 0 radical (unpaired) electrons. The zero-order valence-electron chi connectivity index (χ0n) is 13.0. The summed E-state index contributed by atoms with van der Waals surface area (Å²) in [5, 5.41) is 0. The largest absolute Gasteiger partial charge is 0.399 e. The molecule has 0 fully saturated rings. The van der Waals surface area contributed by atoms with Gasteiger partial charge in [-0.2, -0.15) is 0 Å². The van der Waals surface area contributed by atoms with Gasteiger partial charge in [-0.1, -0.05) is 44.2 Å². The van der Waals surface area contributed by atoms with Crippen LogP contribution in [0.15, 0.2) is 42.5 Å². The number of benzene rings is 2. The summed E-state index contributed by atoms with van der Waals surface area (Å²) in [5.74, 6) is 0.592. The van der Waals surface area contributed by atoms with E-state index < -0.39 is 0 Å². The zero-order valence-corrected chi connectivity index (χ0v) is 13.0. The van der Waals surface area contributed by atoms with E-state index in [1.54, 1.807) is 0 Å². The van der Waals surface area contributed by atoms with Gasteiger partial charge in [0.05, 0.1) is 0 Å². The highest BCUT2D eigenvalue weighted by atomic mass is 15.1. The fourth-order valence-electron chi connectivity index (χ4n) is 3.06. The lowest BCUT2D eigenvalue weighted by Gasteiger charge is -2.31. The third-order valence-electron chi connectivity index (χ3n) is 4.34. The van der Waals surface area contributed by atoms with E-state index >= 15 is 0 Å². The molecule has 110 valence electrons. The molecule has 1 heterocycles. The van der Waals surface area contributed by atoms with Crippen molar-refractivity contribution in [3.8, 4) is 0 Å². The van der Waals surface area contributed by atoms with Gasteiger partial charge in [0.1, 0.15) is 0 Å². The highest BCUT2D eigenvalue weighted by molar-refractivity contribution is 5.62. The van der Waals surface area contributed by atoms with Crippen LogP contribution >= 0.6 is 0 Å². The molecule has 2 nitrogen and oxygen atoms in total. The molecule has 2 aromatic carbocycles. The Morgan fingerprint density at radius 1 is 1.10 bits per heavy atom. The lowest BCUT2D eigenvalue weighted by molar-refractivity contribution is 0.691. The molecule has 2 aromatic rings. The molecule has 0 amide bonds. The number of hydrogen-bond donors (Lipinski definition) is 1. The maximum Gasteiger partial charge on any atom is 0.0429 e. The van der Waals surface area contributed by atoms with E-state index in [1.807, 2.05) is 6.07 Å². The first-order valence-corrected chi connectivity index (χ1v) is 7.85. The van der Waals surface area contributed by atoms with E-state index in [0.29, 0.717) is 5.92 Å². The van der Waals surface area contributed by atoms with Crippen molar-refractivity contribution in [3.63, 3.8) is 0 Å². The Hall–Kier alpha value is -1.96. The normalized spacial score (nSPS) is 14.3. The Balaban J connectivity index is 1.81. The van der Waals surface area contributed by atoms with Gasteiger partial charge in [-0.15, -0.1) is 0 Å². The molecule has 0 saturated heterocycles. The lowest BCUT2D eigenvalue weighted by atomic mass is 9.99. The predicted molar refractivity (Wildman–Crippen MR) is 90.8 cm³/mol. The molecule has 2 heteroatoms. The molecule has 1 aliphatic rings. The zero-order chi connectivity index (χ0) is 14.8. The monoisotopic (exact) mass is 280 g/mol. The Bertz CT molecular complexity index is 614. The minimum absolute atomic E-state index is 0.592. The Morgan fingerprint density at radius 3 is 2.57 bits per heavy atom. The second kappa shape index (κ2) is 5.80. The summed E-state index contributed by atoms with van der Waals surface area (Å²) < 4.78 is 0. The first-order chi connectivity index (χ1) is 10.1. The second-order valence-corrected chi connectivity index (χ2v) is 6.31. The van der Waals surface area contributed by atoms with Crippen molar-refractivity contribution in [1.82, 2.24) is 0 Å². The Morgan fingerprint density at radius 2 is 1.86 bits per heavy atom. The van der Waals surface area contributed by atoms with Crippen LogP contribution in [0.5, 0.6) is 0 Å². The molecule has 3 rings (SSSR count). The third-order valence-corrected chi connectivity index (χ3v) is 4.34. The van der Waals surface area contributed by atoms with E-state index in [9.17, 15) is 0 Å². The summed E-state index contributed by atoms with van der Waals surface area (Å²) >= 11 is 0. The van der Waals surface area contributed by atoms with E-state index in [2.05, 4.69) is 55.1 Å². The maximum absolute atomic E-state index is 5.96. The fraction of sp³-hybridized carbons (Fsp3) is 0.368. The first kappa shape index (κ1) is 14.0. The van der Waals surface area contributed by atoms with Crippen molar-refractivity contribution in [1.29, 1.82) is 0 Å². The average molecular weight is 280 g/mol. The number of rotatable bonds is 3. The highest BCUT2D eigenvalue weighted by Crippen LogP contribution is 2.30. The van der Waals surface area contributed by atoms with E-state index in [0.717, 1.165) is 18.8 Å². The number of anilines is 2. The lowest BCUT2D eigenvalue weighted by Crippen LogP contribution is -2.28. The minimum atomic E-state index is 0.592. The summed E-state index contributed by atoms with van der Waals surface area (Å²) in [6.07, 6.45) is 2.39. The van der Waals surface area contributed by atoms with Crippen molar-refractivity contribution >= 4 is 11.4 Å². The molecule has 0 aromatic heterocycles. The van der Waals surface area contributed by atoms with E-state index in [4.69, 9.17) is 5.73 Å². The van der Waals surface area contributed by atoms with E-state index in [1.165, 1.54) is 35.2 Å². The summed E-state index contributed by atoms with van der Waals surface area (Å²) in [6.45, 7) is 6.55. The molecule has 1 aliphatic heterocycles. The molecule has 21 heavy (non-hydrogen) atoms. The Labute approximate surface area is 127 Å². The fourth-order valence-corrected chi connectivity index (χ4v) is 3.06.